The lowest BCUT2D eigenvalue weighted by atomic mass is 9.94. The molecule has 4 aromatic rings. The molecule has 1 atom stereocenters. The van der Waals surface area contributed by atoms with Crippen LogP contribution in [0.1, 0.15) is 44.3 Å². The van der Waals surface area contributed by atoms with Crippen LogP contribution in [0.25, 0.3) is 11.3 Å². The summed E-state index contributed by atoms with van der Waals surface area (Å²) in [4.78, 5) is 16.6. The maximum atomic E-state index is 13.6. The number of aromatic nitrogens is 2. The van der Waals surface area contributed by atoms with Crippen molar-refractivity contribution >= 4 is 17.7 Å². The van der Waals surface area contributed by atoms with Crippen LogP contribution in [0.5, 0.6) is 5.75 Å². The molecule has 1 unspecified atom stereocenters. The Morgan fingerprint density at radius 1 is 1.06 bits per heavy atom. The van der Waals surface area contributed by atoms with Gasteiger partial charge in [0, 0.05) is 22.6 Å². The molecular weight excluding hydrogens is 430 g/mol. The van der Waals surface area contributed by atoms with Gasteiger partial charge in [-0.2, -0.15) is 5.10 Å². The predicted octanol–water partition coefficient (Wildman–Crippen LogP) is 5.87. The number of aryl methyl sites for hydroxylation is 2. The zero-order valence-corrected chi connectivity index (χ0v) is 19.6. The minimum absolute atomic E-state index is 0.0876. The average molecular weight is 456 g/mol. The minimum atomic E-state index is -0.308. The van der Waals surface area contributed by atoms with Gasteiger partial charge >= 0.3 is 0 Å². The summed E-state index contributed by atoms with van der Waals surface area (Å²) in [5.74, 6) is 0.107. The molecule has 0 fully saturated rings. The van der Waals surface area contributed by atoms with Gasteiger partial charge in [0.2, 0.25) is 0 Å². The van der Waals surface area contributed by atoms with Gasteiger partial charge in [0.15, 0.2) is 0 Å². The molecule has 0 spiro atoms. The number of phenols is 1. The van der Waals surface area contributed by atoms with Gasteiger partial charge in [-0.25, -0.2) is 0 Å². The summed E-state index contributed by atoms with van der Waals surface area (Å²) in [5, 5.41) is 18.4. The highest BCUT2D eigenvalue weighted by Gasteiger charge is 2.42. The van der Waals surface area contributed by atoms with Crippen LogP contribution < -0.4 is 0 Å². The van der Waals surface area contributed by atoms with Crippen molar-refractivity contribution in [2.45, 2.75) is 31.3 Å². The lowest BCUT2D eigenvalue weighted by Gasteiger charge is -2.27. The highest BCUT2D eigenvalue weighted by atomic mass is 32.2. The van der Waals surface area contributed by atoms with Crippen molar-refractivity contribution in [1.29, 1.82) is 0 Å². The lowest BCUT2D eigenvalue weighted by Crippen LogP contribution is -2.29. The number of aromatic amines is 1. The number of phenolic OH excluding ortho intramolecular Hbond substituents is 1. The number of amides is 1. The first kappa shape index (κ1) is 21.3. The van der Waals surface area contributed by atoms with E-state index in [0.29, 0.717) is 23.5 Å². The molecule has 5 nitrogen and oxygen atoms in total. The maximum Gasteiger partial charge on any atom is 0.273 e. The highest BCUT2D eigenvalue weighted by molar-refractivity contribution is 7.98. The van der Waals surface area contributed by atoms with Crippen LogP contribution in [0.3, 0.4) is 0 Å². The third-order valence-electron chi connectivity index (χ3n) is 6.19. The maximum absolute atomic E-state index is 13.6. The first-order valence-electron chi connectivity index (χ1n) is 10.9. The van der Waals surface area contributed by atoms with Crippen LogP contribution in [-0.2, 0) is 6.54 Å². The highest BCUT2D eigenvalue weighted by Crippen LogP contribution is 2.46. The summed E-state index contributed by atoms with van der Waals surface area (Å²) in [5.41, 5.74) is 6.46. The summed E-state index contributed by atoms with van der Waals surface area (Å²) in [6.07, 6.45) is 2.05. The van der Waals surface area contributed by atoms with Gasteiger partial charge in [0.05, 0.1) is 6.04 Å². The monoisotopic (exact) mass is 455 g/mol. The van der Waals surface area contributed by atoms with Crippen molar-refractivity contribution < 1.29 is 9.90 Å². The molecule has 6 heteroatoms. The summed E-state index contributed by atoms with van der Waals surface area (Å²) in [6.45, 7) is 4.36. The van der Waals surface area contributed by atoms with E-state index in [1.165, 1.54) is 0 Å². The average Bonchev–Trinajstić information content (AvgIpc) is 3.36. The van der Waals surface area contributed by atoms with Crippen molar-refractivity contribution in [2.24, 2.45) is 0 Å². The van der Waals surface area contributed by atoms with Gasteiger partial charge in [-0.15, -0.1) is 11.8 Å². The molecule has 0 saturated heterocycles. The third kappa shape index (κ3) is 3.70. The Morgan fingerprint density at radius 3 is 2.48 bits per heavy atom. The topological polar surface area (TPSA) is 69.2 Å². The van der Waals surface area contributed by atoms with E-state index in [4.69, 9.17) is 0 Å². The SMILES string of the molecule is CSc1ccc(C2c3c(-c4cc(C)cc(C)c4O)n[nH]c3C(=O)N2Cc2ccccc2)cc1. The number of carbonyl (C=O) groups excluding carboxylic acids is 1. The first-order valence-corrected chi connectivity index (χ1v) is 12.1. The number of benzene rings is 3. The molecule has 0 radical (unpaired) electrons. The Kier molecular flexibility index (Phi) is 5.46. The van der Waals surface area contributed by atoms with Crippen LogP contribution in [-0.4, -0.2) is 32.4 Å². The largest absolute Gasteiger partial charge is 0.507 e. The van der Waals surface area contributed by atoms with Crippen LogP contribution in [0.15, 0.2) is 71.6 Å². The number of H-pyrrole nitrogens is 1. The van der Waals surface area contributed by atoms with E-state index >= 15 is 0 Å². The van der Waals surface area contributed by atoms with E-state index in [9.17, 15) is 9.90 Å². The Bertz CT molecular complexity index is 1330. The normalized spacial score (nSPS) is 15.2. The smallest absolute Gasteiger partial charge is 0.273 e. The fraction of sp³-hybridized carbons (Fsp3) is 0.185. The molecule has 1 aliphatic heterocycles. The molecule has 5 rings (SSSR count). The molecule has 166 valence electrons. The molecular formula is C27H25N3O2S. The second-order valence-electron chi connectivity index (χ2n) is 8.43. The number of nitrogens with zero attached hydrogens (tertiary/aromatic N) is 2. The molecule has 0 aliphatic carbocycles. The quantitative estimate of drug-likeness (QED) is 0.370. The van der Waals surface area contributed by atoms with Gasteiger partial charge in [0.1, 0.15) is 17.1 Å². The number of carbonyl (C=O) groups is 1. The summed E-state index contributed by atoms with van der Waals surface area (Å²) >= 11 is 1.68. The summed E-state index contributed by atoms with van der Waals surface area (Å²) in [6, 6.07) is 21.9. The molecule has 1 amide bonds. The second kappa shape index (κ2) is 8.45. The summed E-state index contributed by atoms with van der Waals surface area (Å²) in [7, 11) is 0. The molecule has 3 aromatic carbocycles. The van der Waals surface area contributed by atoms with Crippen molar-refractivity contribution in [3.05, 3.63) is 100 Å². The standard InChI is InChI=1S/C27H25N3O2S/c1-16-13-17(2)26(31)21(14-16)23-22-24(29-28-23)27(32)30(15-18-7-5-4-6-8-18)25(22)19-9-11-20(33-3)12-10-19/h4-14,25,31H,15H2,1-3H3,(H,28,29). The van der Waals surface area contributed by atoms with Crippen molar-refractivity contribution in [2.75, 3.05) is 6.26 Å². The minimum Gasteiger partial charge on any atom is -0.507 e. The van der Waals surface area contributed by atoms with Crippen LogP contribution in [0, 0.1) is 13.8 Å². The molecule has 33 heavy (non-hydrogen) atoms. The number of hydrogen-bond acceptors (Lipinski definition) is 4. The fourth-order valence-electron chi connectivity index (χ4n) is 4.62. The van der Waals surface area contributed by atoms with Gasteiger partial charge in [-0.05, 0) is 60.6 Å². The van der Waals surface area contributed by atoms with E-state index in [0.717, 1.165) is 32.7 Å². The molecule has 2 N–H and O–H groups in total. The van der Waals surface area contributed by atoms with Crippen LogP contribution in [0.2, 0.25) is 0 Å². The van der Waals surface area contributed by atoms with Crippen molar-refractivity contribution in [1.82, 2.24) is 15.1 Å². The fourth-order valence-corrected chi connectivity index (χ4v) is 5.03. The molecule has 1 aliphatic rings. The Hall–Kier alpha value is -3.51. The number of aromatic hydroxyl groups is 1. The Morgan fingerprint density at radius 2 is 1.79 bits per heavy atom. The summed E-state index contributed by atoms with van der Waals surface area (Å²) < 4.78 is 0. The van der Waals surface area contributed by atoms with E-state index in [2.05, 4.69) is 34.5 Å². The van der Waals surface area contributed by atoms with Gasteiger partial charge in [-0.3, -0.25) is 9.89 Å². The molecule has 0 bridgehead atoms. The second-order valence-corrected chi connectivity index (χ2v) is 9.31. The number of hydrogen-bond donors (Lipinski definition) is 2. The predicted molar refractivity (Wildman–Crippen MR) is 132 cm³/mol. The van der Waals surface area contributed by atoms with Gasteiger partial charge < -0.3 is 10.0 Å². The van der Waals surface area contributed by atoms with Crippen LogP contribution in [0.4, 0.5) is 0 Å². The zero-order chi connectivity index (χ0) is 23.1. The molecule has 2 heterocycles. The lowest BCUT2D eigenvalue weighted by molar-refractivity contribution is 0.0730. The number of fused-ring (bicyclic) bond motifs is 1. The van der Waals surface area contributed by atoms with Crippen LogP contribution >= 0.6 is 11.8 Å². The van der Waals surface area contributed by atoms with Crippen molar-refractivity contribution in [3.63, 3.8) is 0 Å². The number of rotatable bonds is 5. The van der Waals surface area contributed by atoms with E-state index in [-0.39, 0.29) is 17.7 Å². The Balaban J connectivity index is 1.68. The van der Waals surface area contributed by atoms with Crippen molar-refractivity contribution in [3.8, 4) is 17.0 Å². The van der Waals surface area contributed by atoms with Gasteiger partial charge in [-0.1, -0.05) is 48.5 Å². The third-order valence-corrected chi connectivity index (χ3v) is 6.93. The first-order chi connectivity index (χ1) is 16.0. The number of thioether (sulfide) groups is 1. The molecule has 0 saturated carbocycles. The van der Waals surface area contributed by atoms with E-state index < -0.39 is 0 Å². The van der Waals surface area contributed by atoms with E-state index in [1.54, 1.807) is 11.8 Å². The Labute approximate surface area is 197 Å². The number of nitrogens with one attached hydrogen (secondary N) is 1. The van der Waals surface area contributed by atoms with E-state index in [1.807, 2.05) is 67.5 Å². The zero-order valence-electron chi connectivity index (χ0n) is 18.8. The molecule has 1 aromatic heterocycles. The van der Waals surface area contributed by atoms with Gasteiger partial charge in [0.25, 0.3) is 5.91 Å².